The number of rotatable bonds is 10. The maximum atomic E-state index is 13.1. The summed E-state index contributed by atoms with van der Waals surface area (Å²) in [5, 5.41) is 5.16. The van der Waals surface area contributed by atoms with E-state index in [1.807, 2.05) is 0 Å². The number of para-hydroxylation sites is 2. The van der Waals surface area contributed by atoms with E-state index in [-0.39, 0.29) is 47.2 Å². The summed E-state index contributed by atoms with van der Waals surface area (Å²) in [6.07, 6.45) is 0. The average Bonchev–Trinajstić information content (AvgIpc) is 2.78. The van der Waals surface area contributed by atoms with Gasteiger partial charge in [0.25, 0.3) is 5.91 Å². The van der Waals surface area contributed by atoms with E-state index >= 15 is 0 Å². The van der Waals surface area contributed by atoms with Gasteiger partial charge in [-0.05, 0) is 39.8 Å². The summed E-state index contributed by atoms with van der Waals surface area (Å²) in [5.41, 5.74) is 0.127. The second kappa shape index (κ2) is 12.5. The summed E-state index contributed by atoms with van der Waals surface area (Å²) in [7, 11) is 0. The van der Waals surface area contributed by atoms with Crippen LogP contribution < -0.4 is 15.4 Å². The van der Waals surface area contributed by atoms with Gasteiger partial charge in [-0.1, -0.05) is 12.1 Å². The number of nitrogens with one attached hydrogen (secondary N) is 2. The Labute approximate surface area is 200 Å². The minimum Gasteiger partial charge on any atom is -0.463 e. The third-order valence-corrected chi connectivity index (χ3v) is 4.71. The molecular weight excluding hydrogens is 470 g/mol. The van der Waals surface area contributed by atoms with Crippen molar-refractivity contribution in [3.05, 3.63) is 46.8 Å². The molecule has 0 bridgehead atoms. The minimum absolute atomic E-state index is 0.0112. The number of carbonyl (C=O) groups excluding carboxylic acids is 4. The molecule has 0 fully saturated rings. The molecule has 10 nitrogen and oxygen atoms in total. The molecule has 12 heteroatoms. The molecule has 0 aromatic heterocycles. The molecule has 1 amide bonds. The number of dihydropyridines is 1. The number of esters is 3. The zero-order valence-electron chi connectivity index (χ0n) is 19.6. The van der Waals surface area contributed by atoms with Crippen LogP contribution in [0.25, 0.3) is 0 Å². The Morgan fingerprint density at radius 1 is 0.943 bits per heavy atom. The van der Waals surface area contributed by atoms with Crippen molar-refractivity contribution in [3.8, 4) is 5.75 Å². The Balaban J connectivity index is 2.25. The minimum atomic E-state index is -3.11. The van der Waals surface area contributed by atoms with Crippen LogP contribution >= 0.6 is 0 Å². The maximum absolute atomic E-state index is 13.1. The predicted molar refractivity (Wildman–Crippen MR) is 118 cm³/mol. The van der Waals surface area contributed by atoms with Crippen LogP contribution in [0.4, 0.5) is 14.5 Å². The number of hydrogen-bond acceptors (Lipinski definition) is 9. The molecule has 0 saturated heterocycles. The molecule has 1 heterocycles. The highest BCUT2D eigenvalue weighted by molar-refractivity contribution is 6.06. The SMILES string of the molecule is CCOC(=O)C1=C(C)NC(C)=C(C(=O)OCC)C1C(=O)OCC(=O)Nc1ccccc1OC(F)F. The van der Waals surface area contributed by atoms with Crippen molar-refractivity contribution in [3.63, 3.8) is 0 Å². The fourth-order valence-corrected chi connectivity index (χ4v) is 3.36. The van der Waals surface area contributed by atoms with E-state index in [2.05, 4.69) is 15.4 Å². The van der Waals surface area contributed by atoms with Crippen molar-refractivity contribution in [1.82, 2.24) is 5.32 Å². The van der Waals surface area contributed by atoms with Crippen LogP contribution in [0, 0.1) is 5.92 Å². The highest BCUT2D eigenvalue weighted by atomic mass is 19.3. The predicted octanol–water partition coefficient (Wildman–Crippen LogP) is 2.66. The number of halogens is 2. The lowest BCUT2D eigenvalue weighted by Gasteiger charge is -2.28. The molecule has 1 aromatic rings. The molecule has 1 aliphatic heterocycles. The Kier molecular flexibility index (Phi) is 9.74. The highest BCUT2D eigenvalue weighted by Gasteiger charge is 2.42. The fraction of sp³-hybridized carbons (Fsp3) is 0.391. The van der Waals surface area contributed by atoms with Crippen molar-refractivity contribution >= 4 is 29.5 Å². The summed E-state index contributed by atoms with van der Waals surface area (Å²) < 4.78 is 44.7. The summed E-state index contributed by atoms with van der Waals surface area (Å²) in [6, 6.07) is 5.45. The molecule has 2 rings (SSSR count). The van der Waals surface area contributed by atoms with E-state index in [0.29, 0.717) is 0 Å². The molecule has 0 unspecified atom stereocenters. The number of ether oxygens (including phenoxy) is 4. The molecule has 0 aliphatic carbocycles. The van der Waals surface area contributed by atoms with E-state index in [0.717, 1.165) is 0 Å². The first-order valence-electron chi connectivity index (χ1n) is 10.6. The average molecular weight is 496 g/mol. The van der Waals surface area contributed by atoms with Crippen molar-refractivity contribution in [2.24, 2.45) is 5.92 Å². The zero-order chi connectivity index (χ0) is 26.1. The fourth-order valence-electron chi connectivity index (χ4n) is 3.36. The molecule has 0 radical (unpaired) electrons. The van der Waals surface area contributed by atoms with Gasteiger partial charge in [0.05, 0.1) is 30.0 Å². The molecule has 35 heavy (non-hydrogen) atoms. The lowest BCUT2D eigenvalue weighted by molar-refractivity contribution is -0.153. The van der Waals surface area contributed by atoms with Crippen molar-refractivity contribution in [2.45, 2.75) is 34.3 Å². The Hall–Kier alpha value is -3.96. The van der Waals surface area contributed by atoms with Crippen LogP contribution in [-0.4, -0.2) is 50.2 Å². The lowest BCUT2D eigenvalue weighted by Crippen LogP contribution is -2.39. The van der Waals surface area contributed by atoms with Gasteiger partial charge < -0.3 is 29.6 Å². The third-order valence-electron chi connectivity index (χ3n) is 4.71. The number of alkyl halides is 2. The summed E-state index contributed by atoms with van der Waals surface area (Å²) in [5.74, 6) is -5.45. The molecule has 0 atom stereocenters. The van der Waals surface area contributed by atoms with Gasteiger partial charge in [0.15, 0.2) is 6.61 Å². The first-order chi connectivity index (χ1) is 16.6. The summed E-state index contributed by atoms with van der Waals surface area (Å²) in [6.45, 7) is 2.26. The van der Waals surface area contributed by atoms with Gasteiger partial charge in [0.2, 0.25) is 0 Å². The van der Waals surface area contributed by atoms with Gasteiger partial charge >= 0.3 is 24.5 Å². The normalized spacial score (nSPS) is 13.8. The highest BCUT2D eigenvalue weighted by Crippen LogP contribution is 2.32. The summed E-state index contributed by atoms with van der Waals surface area (Å²) in [4.78, 5) is 50.6. The van der Waals surface area contributed by atoms with E-state index in [1.165, 1.54) is 38.1 Å². The Morgan fingerprint density at radius 3 is 2.00 bits per heavy atom. The zero-order valence-corrected chi connectivity index (χ0v) is 19.6. The lowest BCUT2D eigenvalue weighted by atomic mass is 9.85. The Morgan fingerprint density at radius 2 is 1.49 bits per heavy atom. The second-order valence-electron chi connectivity index (χ2n) is 7.11. The van der Waals surface area contributed by atoms with Gasteiger partial charge in [-0.25, -0.2) is 9.59 Å². The smallest absolute Gasteiger partial charge is 0.387 e. The second-order valence-corrected chi connectivity index (χ2v) is 7.11. The maximum Gasteiger partial charge on any atom is 0.387 e. The number of benzene rings is 1. The van der Waals surface area contributed by atoms with Crippen LogP contribution in [0.15, 0.2) is 46.8 Å². The van der Waals surface area contributed by atoms with Gasteiger partial charge in [0.1, 0.15) is 11.7 Å². The van der Waals surface area contributed by atoms with E-state index in [4.69, 9.17) is 14.2 Å². The molecule has 1 aromatic carbocycles. The molecule has 190 valence electrons. The van der Waals surface area contributed by atoms with Crippen LogP contribution in [0.1, 0.15) is 27.7 Å². The third kappa shape index (κ3) is 7.01. The molecule has 0 spiro atoms. The number of hydrogen-bond donors (Lipinski definition) is 2. The number of allylic oxidation sites excluding steroid dienone is 2. The van der Waals surface area contributed by atoms with Gasteiger partial charge in [-0.15, -0.1) is 0 Å². The first kappa shape index (κ1) is 27.3. The van der Waals surface area contributed by atoms with Crippen LogP contribution in [0.2, 0.25) is 0 Å². The molecule has 0 saturated carbocycles. The molecular formula is C23H26F2N2O8. The van der Waals surface area contributed by atoms with E-state index in [9.17, 15) is 28.0 Å². The van der Waals surface area contributed by atoms with E-state index in [1.54, 1.807) is 13.8 Å². The topological polar surface area (TPSA) is 129 Å². The number of carbonyl (C=O) groups is 4. The molecule has 1 aliphatic rings. The molecule has 2 N–H and O–H groups in total. The largest absolute Gasteiger partial charge is 0.463 e. The van der Waals surface area contributed by atoms with Gasteiger partial charge in [-0.3, -0.25) is 9.59 Å². The van der Waals surface area contributed by atoms with Crippen molar-refractivity contribution in [2.75, 3.05) is 25.1 Å². The van der Waals surface area contributed by atoms with Crippen molar-refractivity contribution in [1.29, 1.82) is 0 Å². The Bertz CT molecular complexity index is 1010. The monoisotopic (exact) mass is 496 g/mol. The number of anilines is 1. The summed E-state index contributed by atoms with van der Waals surface area (Å²) >= 11 is 0. The van der Waals surface area contributed by atoms with Crippen LogP contribution in [0.5, 0.6) is 5.75 Å². The number of amides is 1. The van der Waals surface area contributed by atoms with E-state index < -0.39 is 43.0 Å². The van der Waals surface area contributed by atoms with Crippen molar-refractivity contribution < 1.29 is 46.9 Å². The van der Waals surface area contributed by atoms with Crippen LogP contribution in [-0.2, 0) is 33.4 Å². The first-order valence-corrected chi connectivity index (χ1v) is 10.6. The quantitative estimate of drug-likeness (QED) is 0.371. The standard InChI is InChI=1S/C23H26F2N2O8/c1-5-32-20(29)17-12(3)26-13(4)18(21(30)33-6-2)19(17)22(31)34-11-16(28)27-14-9-7-8-10-15(14)35-23(24)25/h7-10,19,23,26H,5-6,11H2,1-4H3,(H,27,28). The van der Waals surface area contributed by atoms with Crippen LogP contribution in [0.3, 0.4) is 0 Å². The van der Waals surface area contributed by atoms with Gasteiger partial charge in [0, 0.05) is 11.4 Å². The van der Waals surface area contributed by atoms with Gasteiger partial charge in [-0.2, -0.15) is 8.78 Å².